The van der Waals surface area contributed by atoms with Crippen LogP contribution in [0.25, 0.3) is 0 Å². The van der Waals surface area contributed by atoms with Crippen molar-refractivity contribution in [3.05, 3.63) is 33.1 Å². The number of methoxy groups -OCH3 is 1. The van der Waals surface area contributed by atoms with Crippen LogP contribution in [-0.4, -0.2) is 57.5 Å². The molecule has 1 aliphatic carbocycles. The maximum atomic E-state index is 12.4. The lowest BCUT2D eigenvalue weighted by Crippen LogP contribution is -2.39. The van der Waals surface area contributed by atoms with Crippen LogP contribution in [0.2, 0.25) is 0 Å². The van der Waals surface area contributed by atoms with Crippen LogP contribution in [0, 0.1) is 5.92 Å². The van der Waals surface area contributed by atoms with Gasteiger partial charge in [0.1, 0.15) is 6.10 Å². The molecule has 1 fully saturated rings. The van der Waals surface area contributed by atoms with Crippen LogP contribution >= 0.6 is 14.3 Å². The van der Waals surface area contributed by atoms with Crippen molar-refractivity contribution in [3.8, 4) is 0 Å². The van der Waals surface area contributed by atoms with Crippen molar-refractivity contribution in [1.29, 1.82) is 0 Å². The Morgan fingerprint density at radius 1 is 1.26 bits per heavy atom. The van der Waals surface area contributed by atoms with Gasteiger partial charge in [0, 0.05) is 26.5 Å². The van der Waals surface area contributed by atoms with Crippen molar-refractivity contribution in [2.45, 2.75) is 57.5 Å². The second-order valence-corrected chi connectivity index (χ2v) is 13.2. The molecule has 2 rings (SSSR count). The smallest absolute Gasteiger partial charge is 0.328 e. The summed E-state index contributed by atoms with van der Waals surface area (Å²) in [7, 11) is -1.17. The highest BCUT2D eigenvalue weighted by Gasteiger charge is 2.48. The van der Waals surface area contributed by atoms with E-state index in [1.54, 1.807) is 20.8 Å². The normalized spacial score (nSPS) is 28.2. The Morgan fingerprint density at radius 2 is 1.90 bits per heavy atom. The van der Waals surface area contributed by atoms with E-state index in [1.165, 1.54) is 23.9 Å². The molecule has 1 heterocycles. The molecule has 0 spiro atoms. The molecule has 2 unspecified atom stereocenters. The fourth-order valence-corrected chi connectivity index (χ4v) is 6.82. The van der Waals surface area contributed by atoms with E-state index >= 15 is 0 Å². The molecule has 1 aliphatic rings. The minimum absolute atomic E-state index is 0.125. The fraction of sp³-hybridized carbons (Fsp3) is 0.765. The van der Waals surface area contributed by atoms with E-state index in [4.69, 9.17) is 25.6 Å². The van der Waals surface area contributed by atoms with Gasteiger partial charge in [0.15, 0.2) is 0 Å². The van der Waals surface area contributed by atoms with E-state index < -0.39 is 49.4 Å². The third-order valence-electron chi connectivity index (χ3n) is 4.90. The zero-order valence-corrected chi connectivity index (χ0v) is 20.7. The molecule has 11 nitrogen and oxygen atoms in total. The van der Waals surface area contributed by atoms with Crippen LogP contribution < -0.4 is 11.2 Å². The zero-order chi connectivity index (χ0) is 23.6. The van der Waals surface area contributed by atoms with Gasteiger partial charge in [-0.25, -0.2) is 4.79 Å². The highest BCUT2D eigenvalue weighted by atomic mass is 32.5. The quantitative estimate of drug-likeness (QED) is 0.428. The Kier molecular flexibility index (Phi) is 8.63. The summed E-state index contributed by atoms with van der Waals surface area (Å²) < 4.78 is 34.8. The lowest BCUT2D eigenvalue weighted by atomic mass is 10.0. The van der Waals surface area contributed by atoms with Crippen LogP contribution in [0.15, 0.2) is 21.9 Å². The largest absolute Gasteiger partial charge is 0.378 e. The Morgan fingerprint density at radius 3 is 2.42 bits per heavy atom. The maximum Gasteiger partial charge on any atom is 0.328 e. The van der Waals surface area contributed by atoms with Gasteiger partial charge < -0.3 is 28.1 Å². The van der Waals surface area contributed by atoms with Crippen molar-refractivity contribution in [3.63, 3.8) is 0 Å². The van der Waals surface area contributed by atoms with E-state index in [0.717, 1.165) is 7.11 Å². The molecule has 14 heteroatoms. The first-order chi connectivity index (χ1) is 14.2. The first kappa shape index (κ1) is 26.6. The van der Waals surface area contributed by atoms with Gasteiger partial charge in [0.2, 0.25) is 0 Å². The van der Waals surface area contributed by atoms with E-state index in [-0.39, 0.29) is 18.5 Å². The molecule has 0 amide bonds. The molecule has 0 aliphatic heterocycles. The number of hydrogen-bond acceptors (Lipinski definition) is 8. The first-order valence-electron chi connectivity index (χ1n) is 9.62. The molecule has 178 valence electrons. The summed E-state index contributed by atoms with van der Waals surface area (Å²) in [6, 6.07) is 0.527. The monoisotopic (exact) mass is 500 g/mol. The van der Waals surface area contributed by atoms with Crippen molar-refractivity contribution in [1.82, 2.24) is 9.55 Å². The third-order valence-corrected chi connectivity index (χ3v) is 8.07. The molecular formula is C17H30N2O9P2S. The minimum Gasteiger partial charge on any atom is -0.378 e. The summed E-state index contributed by atoms with van der Waals surface area (Å²) in [4.78, 5) is 46.5. The summed E-state index contributed by atoms with van der Waals surface area (Å²) in [5.74, 6) is -0.320. The van der Waals surface area contributed by atoms with Gasteiger partial charge >= 0.3 is 20.0 Å². The number of nitrogens with one attached hydrogen (secondary N) is 1. The number of aromatic nitrogens is 2. The number of nitrogens with zero attached hydrogens (tertiary/aromatic N) is 1. The summed E-state index contributed by atoms with van der Waals surface area (Å²) in [5.41, 5.74) is -1.99. The van der Waals surface area contributed by atoms with Crippen molar-refractivity contribution < 1.29 is 32.7 Å². The van der Waals surface area contributed by atoms with Gasteiger partial charge in [-0.05, 0) is 51.3 Å². The average molecular weight is 500 g/mol. The number of hydrogen-bond donors (Lipinski definition) is 3. The lowest BCUT2D eigenvalue weighted by molar-refractivity contribution is -0.0274. The van der Waals surface area contributed by atoms with Gasteiger partial charge in [-0.3, -0.25) is 18.9 Å². The van der Waals surface area contributed by atoms with Crippen LogP contribution in [0.4, 0.5) is 0 Å². The Balaban J connectivity index is 2.41. The van der Waals surface area contributed by atoms with Crippen molar-refractivity contribution in [2.75, 3.05) is 20.4 Å². The van der Waals surface area contributed by atoms with Crippen molar-refractivity contribution >= 4 is 26.1 Å². The number of rotatable bonds is 9. The molecule has 0 radical (unpaired) electrons. The maximum absolute atomic E-state index is 12.4. The summed E-state index contributed by atoms with van der Waals surface area (Å²) in [6.07, 6.45) is 0.178. The van der Waals surface area contributed by atoms with Gasteiger partial charge in [-0.2, -0.15) is 0 Å². The molecule has 0 saturated heterocycles. The molecule has 31 heavy (non-hydrogen) atoms. The lowest BCUT2D eigenvalue weighted by Gasteiger charge is -2.32. The predicted octanol–water partition coefficient (Wildman–Crippen LogP) is 1.75. The number of H-pyrrole nitrogens is 1. The van der Waals surface area contributed by atoms with Crippen LogP contribution in [0.5, 0.6) is 0 Å². The molecular weight excluding hydrogens is 470 g/mol. The van der Waals surface area contributed by atoms with Crippen LogP contribution in [-0.2, 0) is 34.7 Å². The summed E-state index contributed by atoms with van der Waals surface area (Å²) >= 11 is 5.18. The van der Waals surface area contributed by atoms with E-state index in [1.807, 2.05) is 0 Å². The third kappa shape index (κ3) is 7.42. The molecule has 3 N–H and O–H groups in total. The Labute approximate surface area is 185 Å². The molecule has 1 aromatic heterocycles. The van der Waals surface area contributed by atoms with Gasteiger partial charge in [0.25, 0.3) is 5.56 Å². The average Bonchev–Trinajstić information content (AvgIpc) is 2.94. The molecule has 1 aromatic rings. The van der Waals surface area contributed by atoms with Crippen molar-refractivity contribution in [2.24, 2.45) is 5.92 Å². The molecule has 0 bridgehead atoms. The van der Waals surface area contributed by atoms with E-state index in [2.05, 4.69) is 9.51 Å². The highest BCUT2D eigenvalue weighted by molar-refractivity contribution is 8.07. The first-order valence-corrected chi connectivity index (χ1v) is 14.0. The SMILES string of the molecule is CO[C@@H]1[C@@H](CCP(=O)(O)OC)C[C@@H](n2ccc(=O)[nH]c2=O)[C@@H]1OP(O)(=S)OC(C)(C)C. The van der Waals surface area contributed by atoms with E-state index in [0.29, 0.717) is 6.42 Å². The highest BCUT2D eigenvalue weighted by Crippen LogP contribution is 2.54. The van der Waals surface area contributed by atoms with Gasteiger partial charge in [0.05, 0.1) is 23.9 Å². The Bertz CT molecular complexity index is 973. The molecule has 1 saturated carbocycles. The Hall–Kier alpha value is -0.680. The minimum atomic E-state index is -3.76. The molecule has 6 atom stereocenters. The summed E-state index contributed by atoms with van der Waals surface area (Å²) in [6.45, 7) is 1.40. The second-order valence-electron chi connectivity index (χ2n) is 8.36. The number of aromatic amines is 1. The van der Waals surface area contributed by atoms with Gasteiger partial charge in [-0.1, -0.05) is 0 Å². The van der Waals surface area contributed by atoms with Gasteiger partial charge in [-0.15, -0.1) is 0 Å². The zero-order valence-electron chi connectivity index (χ0n) is 18.1. The topological polar surface area (TPSA) is 149 Å². The molecule has 0 aromatic carbocycles. The number of ether oxygens (including phenoxy) is 1. The van der Waals surface area contributed by atoms with Crippen LogP contribution in [0.1, 0.15) is 39.7 Å². The standard InChI is InChI=1S/C17H30N2O9P2S/c1-17(2,3)28-30(24,31)27-15-12(19-8-6-13(20)18-16(19)21)10-11(14(15)25-4)7-9-29(22,23)26-5/h6,8,11-12,14-15H,7,9-10H2,1-5H3,(H,22,23)(H,24,31)(H,18,20,21)/t11-,12+,14+,15-,30?/m0/s1. The predicted molar refractivity (Wildman–Crippen MR) is 118 cm³/mol. The summed E-state index contributed by atoms with van der Waals surface area (Å²) in [5, 5.41) is 0. The van der Waals surface area contributed by atoms with E-state index in [9.17, 15) is 23.9 Å². The second kappa shape index (κ2) is 10.1. The fourth-order valence-electron chi connectivity index (χ4n) is 3.71. The van der Waals surface area contributed by atoms with Crippen LogP contribution in [0.3, 0.4) is 0 Å².